The molecule has 44 heavy (non-hydrogen) atoms. The van der Waals surface area contributed by atoms with Gasteiger partial charge in [0, 0.05) is 66.6 Å². The van der Waals surface area contributed by atoms with Crippen molar-refractivity contribution in [3.63, 3.8) is 0 Å². The topological polar surface area (TPSA) is 65.1 Å². The minimum atomic E-state index is -0.441. The summed E-state index contributed by atoms with van der Waals surface area (Å²) in [5.41, 5.74) is 5.21. The van der Waals surface area contributed by atoms with E-state index < -0.39 is 5.92 Å². The summed E-state index contributed by atoms with van der Waals surface area (Å²) in [5.74, 6) is 1.07. The van der Waals surface area contributed by atoms with Crippen molar-refractivity contribution < 1.29 is 23.8 Å². The monoisotopic (exact) mass is 731 g/mol. The Morgan fingerprint density at radius 1 is 0.909 bits per heavy atom. The number of nitrogens with zero attached hydrogens (tertiary/aromatic N) is 1. The Morgan fingerprint density at radius 3 is 2.05 bits per heavy atom. The molecule has 0 amide bonds. The molecule has 0 unspecified atom stereocenters. The first-order valence-corrected chi connectivity index (χ1v) is 16.9. The van der Waals surface area contributed by atoms with Crippen LogP contribution in [0.25, 0.3) is 0 Å². The second kappa shape index (κ2) is 13.2. The number of ether oxygens (including phenoxy) is 3. The van der Waals surface area contributed by atoms with Gasteiger partial charge < -0.3 is 19.1 Å². The van der Waals surface area contributed by atoms with E-state index in [1.54, 1.807) is 7.11 Å². The summed E-state index contributed by atoms with van der Waals surface area (Å²) < 4.78 is 18.8. The van der Waals surface area contributed by atoms with Gasteiger partial charge in [-0.3, -0.25) is 9.59 Å². The van der Waals surface area contributed by atoms with Gasteiger partial charge in [-0.1, -0.05) is 51.4 Å². The molecular weight excluding hydrogens is 689 g/mol. The molecule has 0 radical (unpaired) electrons. The lowest BCUT2D eigenvalue weighted by atomic mass is 9.63. The highest BCUT2D eigenvalue weighted by Gasteiger charge is 2.49. The third-order valence-electron chi connectivity index (χ3n) is 8.71. The summed E-state index contributed by atoms with van der Waals surface area (Å²) in [6, 6.07) is 11.6. The Morgan fingerprint density at radius 2 is 1.50 bits per heavy atom. The van der Waals surface area contributed by atoms with Crippen molar-refractivity contribution in [2.75, 3.05) is 26.9 Å². The highest BCUT2D eigenvalue weighted by molar-refractivity contribution is 14.1. The summed E-state index contributed by atoms with van der Waals surface area (Å²) in [5, 5.41) is 0.677. The van der Waals surface area contributed by atoms with Gasteiger partial charge in [0.1, 0.15) is 6.61 Å². The molecule has 236 valence electrons. The first-order valence-electron chi connectivity index (χ1n) is 15.5. The van der Waals surface area contributed by atoms with Crippen molar-refractivity contribution in [3.8, 4) is 11.5 Å². The molecule has 2 aliphatic carbocycles. The van der Waals surface area contributed by atoms with Crippen LogP contribution in [-0.2, 0) is 20.9 Å². The minimum Gasteiger partial charge on any atom is -0.490 e. The molecule has 2 aromatic carbocycles. The third kappa shape index (κ3) is 6.90. The van der Waals surface area contributed by atoms with Crippen LogP contribution >= 0.6 is 34.2 Å². The van der Waals surface area contributed by atoms with Crippen molar-refractivity contribution in [3.05, 3.63) is 78.7 Å². The highest BCUT2D eigenvalue weighted by Crippen LogP contribution is 2.55. The van der Waals surface area contributed by atoms with E-state index in [2.05, 4.69) is 61.3 Å². The number of rotatable bonds is 10. The largest absolute Gasteiger partial charge is 0.490 e. The van der Waals surface area contributed by atoms with Gasteiger partial charge in [0.25, 0.3) is 0 Å². The molecule has 0 aromatic heterocycles. The fourth-order valence-electron chi connectivity index (χ4n) is 6.91. The lowest BCUT2D eigenvalue weighted by Gasteiger charge is -2.49. The first-order chi connectivity index (χ1) is 20.8. The Labute approximate surface area is 280 Å². The van der Waals surface area contributed by atoms with Crippen molar-refractivity contribution in [1.82, 2.24) is 4.90 Å². The molecule has 0 saturated heterocycles. The Balaban J connectivity index is 1.65. The molecule has 3 aliphatic rings. The van der Waals surface area contributed by atoms with E-state index in [-0.39, 0.29) is 22.4 Å². The number of Topliss-reactive ketones (excluding diaryl/α,β-unsaturated/α-hetero) is 2. The number of hydrogen-bond acceptors (Lipinski definition) is 6. The van der Waals surface area contributed by atoms with Crippen LogP contribution in [-0.4, -0.2) is 43.3 Å². The van der Waals surface area contributed by atoms with E-state index >= 15 is 0 Å². The van der Waals surface area contributed by atoms with Gasteiger partial charge in [0.05, 0.1) is 10.2 Å². The van der Waals surface area contributed by atoms with Crippen LogP contribution in [0.5, 0.6) is 11.5 Å². The second-order valence-electron chi connectivity index (χ2n) is 13.7. The normalized spacial score (nSPS) is 19.7. The molecule has 0 saturated carbocycles. The van der Waals surface area contributed by atoms with Crippen molar-refractivity contribution in [2.45, 2.75) is 79.2 Å². The van der Waals surface area contributed by atoms with E-state index in [1.165, 1.54) is 0 Å². The number of halogens is 2. The molecule has 1 aliphatic heterocycles. The van der Waals surface area contributed by atoms with Crippen LogP contribution in [0, 0.1) is 14.4 Å². The van der Waals surface area contributed by atoms with Crippen LogP contribution in [0.15, 0.2) is 58.9 Å². The number of hydrogen-bond donors (Lipinski definition) is 0. The molecular formula is C36H43ClINO5. The van der Waals surface area contributed by atoms with E-state index in [0.29, 0.717) is 55.7 Å². The smallest absolute Gasteiger partial charge is 0.174 e. The van der Waals surface area contributed by atoms with E-state index in [9.17, 15) is 9.59 Å². The molecule has 0 spiro atoms. The summed E-state index contributed by atoms with van der Waals surface area (Å²) >= 11 is 8.36. The maximum absolute atomic E-state index is 14.1. The van der Waals surface area contributed by atoms with Crippen LogP contribution in [0.3, 0.4) is 0 Å². The van der Waals surface area contributed by atoms with Crippen molar-refractivity contribution >= 4 is 45.8 Å². The first kappa shape index (κ1) is 33.0. The summed E-state index contributed by atoms with van der Waals surface area (Å²) in [7, 11) is 1.71. The Kier molecular flexibility index (Phi) is 9.88. The van der Waals surface area contributed by atoms with Gasteiger partial charge in [-0.15, -0.1) is 0 Å². The molecule has 1 heterocycles. The highest BCUT2D eigenvalue weighted by atomic mass is 127. The fourth-order valence-corrected chi connectivity index (χ4v) is 7.82. The fraction of sp³-hybridized carbons (Fsp3) is 0.500. The van der Waals surface area contributed by atoms with E-state index in [0.717, 1.165) is 56.5 Å². The number of methoxy groups -OCH3 is 1. The van der Waals surface area contributed by atoms with Gasteiger partial charge in [-0.25, -0.2) is 0 Å². The van der Waals surface area contributed by atoms with Crippen LogP contribution in [0.2, 0.25) is 5.02 Å². The van der Waals surface area contributed by atoms with Crippen molar-refractivity contribution in [1.29, 1.82) is 0 Å². The zero-order chi connectivity index (χ0) is 31.8. The standard InChI is InChI=1S/C36H43ClINO5/c1-7-43-30-16-23(15-25(38)34(30)44-21-22-9-11-24(37)12-10-22)31-32-26(17-35(2,3)19-28(32)40)39(13-8-14-42-6)27-18-36(4,5)20-29(41)33(27)31/h9-12,15-16,31H,7-8,13-14,17-21H2,1-6H3. The quantitative estimate of drug-likeness (QED) is 0.180. The average molecular weight is 732 g/mol. The second-order valence-corrected chi connectivity index (χ2v) is 15.3. The molecule has 0 N–H and O–H groups in total. The summed E-state index contributed by atoms with van der Waals surface area (Å²) in [6.07, 6.45) is 3.27. The third-order valence-corrected chi connectivity index (χ3v) is 9.77. The van der Waals surface area contributed by atoms with Crippen LogP contribution in [0.1, 0.15) is 83.8 Å². The zero-order valence-corrected chi connectivity index (χ0v) is 29.6. The van der Waals surface area contributed by atoms with Gasteiger partial charge in [-0.2, -0.15) is 0 Å². The predicted octanol–water partition coefficient (Wildman–Crippen LogP) is 8.64. The number of carbonyl (C=O) groups excluding carboxylic acids is 2. The SMILES string of the molecule is CCOc1cc(C2C3=C(CC(C)(C)CC3=O)N(CCCOC)C3=C2C(=O)CC(C)(C)C3)cc(I)c1OCc1ccc(Cl)cc1. The molecule has 0 bridgehead atoms. The molecule has 2 aromatic rings. The zero-order valence-electron chi connectivity index (χ0n) is 26.6. The summed E-state index contributed by atoms with van der Waals surface area (Å²) in [4.78, 5) is 30.6. The predicted molar refractivity (Wildman–Crippen MR) is 182 cm³/mol. The van der Waals surface area contributed by atoms with Gasteiger partial charge >= 0.3 is 0 Å². The summed E-state index contributed by atoms with van der Waals surface area (Å²) in [6.45, 7) is 12.8. The molecule has 0 fully saturated rings. The Bertz CT molecular complexity index is 1450. The lowest BCUT2D eigenvalue weighted by Crippen LogP contribution is -2.44. The number of benzene rings is 2. The Hall–Kier alpha value is -2.36. The van der Waals surface area contributed by atoms with Crippen LogP contribution in [0.4, 0.5) is 0 Å². The molecule has 0 atom stereocenters. The average Bonchev–Trinajstić information content (AvgIpc) is 2.92. The number of ketones is 2. The van der Waals surface area contributed by atoms with Gasteiger partial charge in [0.15, 0.2) is 23.1 Å². The maximum atomic E-state index is 14.1. The molecule has 6 nitrogen and oxygen atoms in total. The van der Waals surface area contributed by atoms with Gasteiger partial charge in [-0.05, 0) is 95.0 Å². The van der Waals surface area contributed by atoms with E-state index in [1.807, 2.05) is 37.3 Å². The maximum Gasteiger partial charge on any atom is 0.174 e. The van der Waals surface area contributed by atoms with Crippen LogP contribution < -0.4 is 9.47 Å². The van der Waals surface area contributed by atoms with E-state index in [4.69, 9.17) is 25.8 Å². The number of allylic oxidation sites excluding steroid dienone is 4. The molecule has 5 rings (SSSR count). The number of carbonyl (C=O) groups is 2. The van der Waals surface area contributed by atoms with Crippen molar-refractivity contribution in [2.24, 2.45) is 10.8 Å². The minimum absolute atomic E-state index is 0.123. The lowest BCUT2D eigenvalue weighted by molar-refractivity contribution is -0.119. The van der Waals surface area contributed by atoms with Gasteiger partial charge in [0.2, 0.25) is 0 Å². The molecule has 8 heteroatoms.